The normalized spacial score (nSPS) is 0. The second kappa shape index (κ2) is 31.0. The van der Waals surface area contributed by atoms with Crippen LogP contribution in [-0.2, 0) is 34.1 Å². The molecule has 0 rings (SSSR count). The van der Waals surface area contributed by atoms with Gasteiger partial charge in [-0.3, -0.25) is 0 Å². The fraction of sp³-hybridized carbons (Fsp3) is 0. The molecule has 0 bridgehead atoms. The first-order chi connectivity index (χ1) is 0. The van der Waals surface area contributed by atoms with E-state index in [9.17, 15) is 0 Å². The summed E-state index contributed by atoms with van der Waals surface area (Å²) in [6, 6.07) is 0. The van der Waals surface area contributed by atoms with E-state index in [0.717, 1.165) is 0 Å². The first kappa shape index (κ1) is 41.2. The van der Waals surface area contributed by atoms with Crippen molar-refractivity contribution in [1.82, 2.24) is 0 Å². The van der Waals surface area contributed by atoms with E-state index in [-0.39, 0.29) is 176 Å². The average Bonchev–Trinajstić information content (AvgIpc) is 0. The topological polar surface area (TPSA) is 0 Å². The summed E-state index contributed by atoms with van der Waals surface area (Å²) in [7, 11) is 0. The molecule has 0 fully saturated rings. The van der Waals surface area contributed by atoms with Gasteiger partial charge in [0.1, 0.15) is 0 Å². The van der Waals surface area contributed by atoms with Gasteiger partial charge < -0.3 is 0 Å². The minimum absolute atomic E-state index is 0. The van der Waals surface area contributed by atoms with Gasteiger partial charge in [0.2, 0.25) is 0 Å². The molecule has 0 atom stereocenters. The molecule has 0 amide bonds. The average molecular weight is 252 g/mol. The fourth-order valence-corrected chi connectivity index (χ4v) is 0. The molecule has 0 spiro atoms. The van der Waals surface area contributed by atoms with Crippen molar-refractivity contribution < 1.29 is 34.1 Å². The van der Waals surface area contributed by atoms with E-state index in [1.807, 2.05) is 0 Å². The number of hydrogen-bond acceptors (Lipinski definition) is 0. The van der Waals surface area contributed by atoms with E-state index in [1.165, 1.54) is 0 Å². The van der Waals surface area contributed by atoms with Crippen LogP contribution in [0, 0.1) is 0 Å². The Morgan fingerprint density at radius 2 is 1.00 bits per heavy atom. The van der Waals surface area contributed by atoms with Gasteiger partial charge in [0, 0.05) is 34.1 Å². The van der Waals surface area contributed by atoms with Crippen LogP contribution in [0.1, 0.15) is 0 Å². The summed E-state index contributed by atoms with van der Waals surface area (Å²) >= 11 is 0. The van der Waals surface area contributed by atoms with Gasteiger partial charge in [-0.25, -0.2) is 0 Å². The molecule has 0 aliphatic carbocycles. The number of rotatable bonds is 0. The van der Waals surface area contributed by atoms with Crippen molar-refractivity contribution in [3.05, 3.63) is 0 Å². The second-order valence-electron chi connectivity index (χ2n) is 0. The fourth-order valence-electron chi connectivity index (χ4n) is 0. The third-order valence-corrected chi connectivity index (χ3v) is 0. The molecule has 0 aromatic rings. The van der Waals surface area contributed by atoms with Crippen molar-refractivity contribution in [1.29, 1.82) is 0 Å². The van der Waals surface area contributed by atoms with Gasteiger partial charge in [-0.1, -0.05) is 0 Å². The van der Waals surface area contributed by atoms with Gasteiger partial charge >= 0.3 is 142 Å². The predicted molar refractivity (Wildman–Crippen MR) is 31.4 cm³/mol. The molecule has 1 radical (unpaired) electrons. The molecule has 31 valence electrons. The third kappa shape index (κ3) is 22.6. The van der Waals surface area contributed by atoms with E-state index in [1.54, 1.807) is 0 Å². The van der Waals surface area contributed by atoms with Gasteiger partial charge in [-0.05, 0) is 0 Å². The van der Waals surface area contributed by atoms with Crippen LogP contribution in [0.3, 0.4) is 0 Å². The van der Waals surface area contributed by atoms with E-state index < -0.39 is 0 Å². The molecule has 0 heterocycles. The molecule has 0 aliphatic rings. The van der Waals surface area contributed by atoms with Crippen molar-refractivity contribution in [3.63, 3.8) is 0 Å². The molecule has 6 heavy (non-hydrogen) atoms. The molecule has 0 saturated heterocycles. The van der Waals surface area contributed by atoms with Crippen LogP contribution in [-0.4, -0.2) is 142 Å². The Kier molecular flexibility index (Phi) is 213. The Bertz CT molecular complexity index is 15.5. The summed E-state index contributed by atoms with van der Waals surface area (Å²) in [5.41, 5.74) is 0. The molecular weight excluding hydrogens is 246 g/mol. The molecule has 0 aliphatic heterocycles. The Balaban J connectivity index is 0. The first-order valence-electron chi connectivity index (χ1n) is 0. The Morgan fingerprint density at radius 3 is 1.00 bits per heavy atom. The van der Waals surface area contributed by atoms with Crippen LogP contribution in [0.25, 0.3) is 0 Å². The predicted octanol–water partition coefficient (Wildman–Crippen LogP) is -3.13. The standard InChI is InChI=1S/Ca.Cu.Fe.K.Mg.Na.6H. The summed E-state index contributed by atoms with van der Waals surface area (Å²) < 4.78 is 0. The van der Waals surface area contributed by atoms with E-state index in [0.29, 0.717) is 0 Å². The van der Waals surface area contributed by atoms with Crippen LogP contribution < -0.4 is 0 Å². The van der Waals surface area contributed by atoms with Crippen molar-refractivity contribution in [3.8, 4) is 0 Å². The molecule has 0 aromatic carbocycles. The Morgan fingerprint density at radius 1 is 1.00 bits per heavy atom. The van der Waals surface area contributed by atoms with Crippen molar-refractivity contribution in [2.75, 3.05) is 0 Å². The van der Waals surface area contributed by atoms with Gasteiger partial charge in [0.05, 0.1) is 0 Å². The van der Waals surface area contributed by atoms with Crippen LogP contribution in [0.4, 0.5) is 0 Å². The minimum atomic E-state index is 0. The number of hydrogen-bond donors (Lipinski definition) is 0. The van der Waals surface area contributed by atoms with Gasteiger partial charge in [0.15, 0.2) is 0 Å². The zero-order valence-corrected chi connectivity index (χ0v) is 2.70. The summed E-state index contributed by atoms with van der Waals surface area (Å²) in [5.74, 6) is 0. The summed E-state index contributed by atoms with van der Waals surface area (Å²) in [6.45, 7) is 0. The molecule has 0 nitrogen and oxygen atoms in total. The SMILES string of the molecule is [CaH2].[Cu].[Fe].[KH].[MgH2].[NaH]. The second-order valence-corrected chi connectivity index (χ2v) is 0. The summed E-state index contributed by atoms with van der Waals surface area (Å²) in [4.78, 5) is 0. The van der Waals surface area contributed by atoms with E-state index in [2.05, 4.69) is 0 Å². The van der Waals surface area contributed by atoms with Crippen LogP contribution in [0.15, 0.2) is 0 Å². The molecule has 0 saturated carbocycles. The summed E-state index contributed by atoms with van der Waals surface area (Å²) in [6.07, 6.45) is 0. The van der Waals surface area contributed by atoms with Gasteiger partial charge in [-0.2, -0.15) is 0 Å². The Labute approximate surface area is 170 Å². The maximum absolute atomic E-state index is 0. The van der Waals surface area contributed by atoms with Crippen LogP contribution in [0.5, 0.6) is 0 Å². The monoisotopic (exact) mass is 251 g/mol. The van der Waals surface area contributed by atoms with Crippen molar-refractivity contribution >= 4 is 142 Å². The van der Waals surface area contributed by atoms with Crippen molar-refractivity contribution in [2.24, 2.45) is 0 Å². The van der Waals surface area contributed by atoms with E-state index in [4.69, 9.17) is 0 Å². The molecule has 0 N–H and O–H groups in total. The zero-order valence-electron chi connectivity index (χ0n) is 0.655. The van der Waals surface area contributed by atoms with E-state index >= 15 is 0 Å². The quantitative estimate of drug-likeness (QED) is 0.400. The Hall–Kier alpha value is 5.70. The first-order valence-corrected chi connectivity index (χ1v) is 0. The zero-order chi connectivity index (χ0) is 0. The van der Waals surface area contributed by atoms with Gasteiger partial charge in [0.25, 0.3) is 0 Å². The van der Waals surface area contributed by atoms with Gasteiger partial charge in [-0.15, -0.1) is 0 Å². The summed E-state index contributed by atoms with van der Waals surface area (Å²) in [5, 5.41) is 0. The molecule has 0 aromatic heterocycles. The van der Waals surface area contributed by atoms with Crippen LogP contribution in [0.2, 0.25) is 0 Å². The van der Waals surface area contributed by atoms with Crippen LogP contribution >= 0.6 is 0 Å². The molecule has 0 unspecified atom stereocenters. The molecular formula is H6CaCuFeKMgNa. The maximum atomic E-state index is 0. The van der Waals surface area contributed by atoms with Crippen molar-refractivity contribution in [2.45, 2.75) is 0 Å². The third-order valence-electron chi connectivity index (χ3n) is 0. The molecule has 6 heteroatoms.